The first kappa shape index (κ1) is 17.8. The van der Waals surface area contributed by atoms with Crippen LogP contribution in [0.5, 0.6) is 0 Å². The van der Waals surface area contributed by atoms with Gasteiger partial charge in [-0.1, -0.05) is 0 Å². The highest BCUT2D eigenvalue weighted by atomic mass is 16.4. The van der Waals surface area contributed by atoms with E-state index in [1.54, 1.807) is 0 Å². The molecule has 20 heavy (non-hydrogen) atoms. The van der Waals surface area contributed by atoms with Crippen LogP contribution in [-0.4, -0.2) is 58.6 Å². The average molecular weight is 290 g/mol. The number of carbonyl (C=O) groups excluding carboxylic acids is 3. The van der Waals surface area contributed by atoms with E-state index in [2.05, 4.69) is 10.6 Å². The summed E-state index contributed by atoms with van der Waals surface area (Å²) in [5, 5.41) is 21.7. The first-order chi connectivity index (χ1) is 9.18. The van der Waals surface area contributed by atoms with Gasteiger partial charge in [0.25, 0.3) is 0 Å². The molecule has 3 amide bonds. The number of primary amides is 1. The van der Waals surface area contributed by atoms with Gasteiger partial charge in [0.1, 0.15) is 18.1 Å². The van der Waals surface area contributed by atoms with E-state index in [-0.39, 0.29) is 0 Å². The molecule has 0 heterocycles. The van der Waals surface area contributed by atoms with Crippen molar-refractivity contribution < 1.29 is 29.4 Å². The molecule has 0 spiro atoms. The molecule has 0 saturated carbocycles. The summed E-state index contributed by atoms with van der Waals surface area (Å²) in [5.74, 6) is -3.91. The second kappa shape index (κ2) is 8.07. The molecule has 0 radical (unpaired) electrons. The molecule has 0 aliphatic rings. The topological polar surface area (TPSA) is 185 Å². The van der Waals surface area contributed by atoms with Crippen LogP contribution in [0.2, 0.25) is 0 Å². The molecule has 0 saturated heterocycles. The molecular weight excluding hydrogens is 272 g/mol. The van der Waals surface area contributed by atoms with E-state index in [4.69, 9.17) is 21.7 Å². The Morgan fingerprint density at radius 1 is 1.15 bits per heavy atom. The van der Waals surface area contributed by atoms with Gasteiger partial charge in [0, 0.05) is 0 Å². The van der Waals surface area contributed by atoms with Crippen LogP contribution in [0.4, 0.5) is 0 Å². The summed E-state index contributed by atoms with van der Waals surface area (Å²) < 4.78 is 0. The highest BCUT2D eigenvalue weighted by Gasteiger charge is 2.26. The summed E-state index contributed by atoms with van der Waals surface area (Å²) in [7, 11) is 0. The summed E-state index contributed by atoms with van der Waals surface area (Å²) in [6, 6.07) is -3.76. The summed E-state index contributed by atoms with van der Waals surface area (Å²) in [6.07, 6.45) is -0.572. The molecule has 114 valence electrons. The molecule has 0 aromatic rings. The Kier molecular flexibility index (Phi) is 7.18. The van der Waals surface area contributed by atoms with E-state index in [1.807, 2.05) is 0 Å². The van der Waals surface area contributed by atoms with E-state index in [0.717, 1.165) is 0 Å². The maximum absolute atomic E-state index is 11.6. The minimum atomic E-state index is -1.48. The molecule has 0 bridgehead atoms. The predicted octanol–water partition coefficient (Wildman–Crippen LogP) is -3.74. The molecule has 0 fully saturated rings. The van der Waals surface area contributed by atoms with Crippen LogP contribution in [0, 0.1) is 0 Å². The lowest BCUT2D eigenvalue weighted by Gasteiger charge is -2.19. The van der Waals surface area contributed by atoms with Crippen LogP contribution < -0.4 is 22.1 Å². The van der Waals surface area contributed by atoms with Gasteiger partial charge in [0.05, 0.1) is 13.0 Å². The fourth-order valence-corrected chi connectivity index (χ4v) is 1.17. The Morgan fingerprint density at radius 3 is 2.10 bits per heavy atom. The SMILES string of the molecule is C[C@H](NC(=O)[C@@H](N)CO)C(=O)N[C@@H](CC(N)=O)C(=O)O. The van der Waals surface area contributed by atoms with Crippen molar-refractivity contribution in [3.05, 3.63) is 0 Å². The fourth-order valence-electron chi connectivity index (χ4n) is 1.17. The summed E-state index contributed by atoms with van der Waals surface area (Å²) in [5.41, 5.74) is 10.1. The maximum Gasteiger partial charge on any atom is 0.326 e. The minimum absolute atomic E-state index is 0.572. The van der Waals surface area contributed by atoms with Gasteiger partial charge in [-0.05, 0) is 6.92 Å². The quantitative estimate of drug-likeness (QED) is 0.265. The largest absolute Gasteiger partial charge is 0.480 e. The molecular formula is C10H18N4O6. The Morgan fingerprint density at radius 2 is 1.70 bits per heavy atom. The number of nitrogens with two attached hydrogens (primary N) is 2. The third kappa shape index (κ3) is 6.11. The number of rotatable bonds is 8. The molecule has 3 atom stereocenters. The molecule has 0 aromatic carbocycles. The van der Waals surface area contributed by atoms with Crippen molar-refractivity contribution in [2.45, 2.75) is 31.5 Å². The maximum atomic E-state index is 11.6. The Balaban J connectivity index is 4.53. The van der Waals surface area contributed by atoms with Gasteiger partial charge in [-0.2, -0.15) is 0 Å². The standard InChI is InChI=1S/C10H18N4O6/c1-4(13-9(18)5(11)3-15)8(17)14-6(10(19)20)2-7(12)16/h4-6,15H,2-3,11H2,1H3,(H2,12,16)(H,13,18)(H,14,17)(H,19,20)/t4-,5-,6-/m0/s1. The average Bonchev–Trinajstić information content (AvgIpc) is 2.35. The Bertz CT molecular complexity index is 399. The fraction of sp³-hybridized carbons (Fsp3) is 0.600. The molecule has 0 aliphatic carbocycles. The van der Waals surface area contributed by atoms with Gasteiger partial charge >= 0.3 is 5.97 Å². The van der Waals surface area contributed by atoms with Crippen LogP contribution in [-0.2, 0) is 19.2 Å². The van der Waals surface area contributed by atoms with E-state index >= 15 is 0 Å². The normalized spacial score (nSPS) is 14.8. The highest BCUT2D eigenvalue weighted by Crippen LogP contribution is 1.94. The van der Waals surface area contributed by atoms with Crippen molar-refractivity contribution in [1.82, 2.24) is 10.6 Å². The van der Waals surface area contributed by atoms with Crippen molar-refractivity contribution in [3.63, 3.8) is 0 Å². The number of carboxylic acids is 1. The molecule has 0 rings (SSSR count). The lowest BCUT2D eigenvalue weighted by atomic mass is 10.2. The smallest absolute Gasteiger partial charge is 0.326 e. The number of aliphatic hydroxyl groups is 1. The van der Waals surface area contributed by atoms with Gasteiger partial charge in [0.15, 0.2) is 0 Å². The molecule has 10 heteroatoms. The second-order valence-corrected chi connectivity index (χ2v) is 4.09. The zero-order chi connectivity index (χ0) is 15.9. The predicted molar refractivity (Wildman–Crippen MR) is 66.0 cm³/mol. The summed E-state index contributed by atoms with van der Waals surface area (Å²) in [6.45, 7) is 0.695. The number of hydrogen-bond acceptors (Lipinski definition) is 6. The minimum Gasteiger partial charge on any atom is -0.480 e. The van der Waals surface area contributed by atoms with Gasteiger partial charge in [-0.25, -0.2) is 4.79 Å². The van der Waals surface area contributed by atoms with Gasteiger partial charge in [-0.15, -0.1) is 0 Å². The van der Waals surface area contributed by atoms with Crippen molar-refractivity contribution >= 4 is 23.7 Å². The monoisotopic (exact) mass is 290 g/mol. The van der Waals surface area contributed by atoms with E-state index in [0.29, 0.717) is 0 Å². The lowest BCUT2D eigenvalue weighted by molar-refractivity contribution is -0.143. The van der Waals surface area contributed by atoms with Crippen LogP contribution in [0.3, 0.4) is 0 Å². The van der Waals surface area contributed by atoms with E-state index < -0.39 is 54.8 Å². The number of nitrogens with one attached hydrogen (secondary N) is 2. The third-order valence-corrected chi connectivity index (χ3v) is 2.31. The van der Waals surface area contributed by atoms with Crippen LogP contribution in [0.1, 0.15) is 13.3 Å². The molecule has 8 N–H and O–H groups in total. The van der Waals surface area contributed by atoms with Crippen LogP contribution in [0.25, 0.3) is 0 Å². The van der Waals surface area contributed by atoms with Crippen molar-refractivity contribution in [1.29, 1.82) is 0 Å². The summed E-state index contributed by atoms with van der Waals surface area (Å²) >= 11 is 0. The number of hydrogen-bond donors (Lipinski definition) is 6. The van der Waals surface area contributed by atoms with Crippen molar-refractivity contribution in [3.8, 4) is 0 Å². The molecule has 0 unspecified atom stereocenters. The van der Waals surface area contributed by atoms with Crippen molar-refractivity contribution in [2.24, 2.45) is 11.5 Å². The number of aliphatic hydroxyl groups excluding tert-OH is 1. The van der Waals surface area contributed by atoms with E-state index in [9.17, 15) is 19.2 Å². The molecule has 10 nitrogen and oxygen atoms in total. The van der Waals surface area contributed by atoms with Crippen LogP contribution >= 0.6 is 0 Å². The second-order valence-electron chi connectivity index (χ2n) is 4.09. The van der Waals surface area contributed by atoms with Gasteiger partial charge in [-0.3, -0.25) is 14.4 Å². The number of carboxylic acid groups (broad SMARTS) is 1. The number of amides is 3. The van der Waals surface area contributed by atoms with Crippen molar-refractivity contribution in [2.75, 3.05) is 6.61 Å². The molecule has 0 aliphatic heterocycles. The van der Waals surface area contributed by atoms with Gasteiger partial charge < -0.3 is 32.3 Å². The zero-order valence-corrected chi connectivity index (χ0v) is 10.8. The van der Waals surface area contributed by atoms with Crippen LogP contribution in [0.15, 0.2) is 0 Å². The number of carbonyl (C=O) groups is 4. The Labute approximate surface area is 114 Å². The lowest BCUT2D eigenvalue weighted by Crippen LogP contribution is -2.54. The Hall–Kier alpha value is -2.20. The zero-order valence-electron chi connectivity index (χ0n) is 10.8. The highest BCUT2D eigenvalue weighted by molar-refractivity contribution is 5.92. The molecule has 0 aromatic heterocycles. The first-order valence-electron chi connectivity index (χ1n) is 5.67. The summed E-state index contributed by atoms with van der Waals surface area (Å²) in [4.78, 5) is 44.4. The van der Waals surface area contributed by atoms with Gasteiger partial charge in [0.2, 0.25) is 17.7 Å². The first-order valence-corrected chi connectivity index (χ1v) is 5.67. The number of aliphatic carboxylic acids is 1. The third-order valence-electron chi connectivity index (χ3n) is 2.31. The van der Waals surface area contributed by atoms with E-state index in [1.165, 1.54) is 6.92 Å².